The van der Waals surface area contributed by atoms with Gasteiger partial charge in [-0.25, -0.2) is 4.79 Å². The molecule has 3 rings (SSSR count). The molecule has 1 aliphatic rings. The maximum Gasteiger partial charge on any atom is 0.338 e. The number of hydrogen-bond acceptors (Lipinski definition) is 4. The number of halogens is 1. The fourth-order valence-corrected chi connectivity index (χ4v) is 3.66. The van der Waals surface area contributed by atoms with Crippen LogP contribution in [-0.4, -0.2) is 25.1 Å². The number of benzene rings is 2. The normalized spacial score (nSPS) is 14.6. The zero-order chi connectivity index (χ0) is 20.6. The molecule has 0 spiro atoms. The monoisotopic (exact) mass is 457 g/mol. The van der Waals surface area contributed by atoms with Gasteiger partial charge in [0.25, 0.3) is 0 Å². The second-order valence-electron chi connectivity index (χ2n) is 6.95. The van der Waals surface area contributed by atoms with Crippen LogP contribution in [0.4, 0.5) is 5.69 Å². The first-order valence-corrected chi connectivity index (χ1v) is 10.5. The van der Waals surface area contributed by atoms with Crippen LogP contribution in [0.5, 0.6) is 5.75 Å². The summed E-state index contributed by atoms with van der Waals surface area (Å²) in [6.45, 7) is 0. The van der Waals surface area contributed by atoms with Gasteiger partial charge >= 0.3 is 5.97 Å². The van der Waals surface area contributed by atoms with Crippen LogP contribution in [0.1, 0.15) is 48.0 Å². The van der Waals surface area contributed by atoms with E-state index < -0.39 is 0 Å². The minimum Gasteiger partial charge on any atom is -0.496 e. The van der Waals surface area contributed by atoms with Gasteiger partial charge in [0, 0.05) is 21.8 Å². The average molecular weight is 458 g/mol. The van der Waals surface area contributed by atoms with Crippen LogP contribution in [0.25, 0.3) is 6.08 Å². The number of esters is 1. The van der Waals surface area contributed by atoms with E-state index in [0.717, 1.165) is 35.7 Å². The maximum atomic E-state index is 12.3. The van der Waals surface area contributed by atoms with Gasteiger partial charge in [0.15, 0.2) is 0 Å². The molecule has 1 saturated carbocycles. The molecule has 1 aliphatic carbocycles. The molecule has 0 heterocycles. The fourth-order valence-electron chi connectivity index (χ4n) is 3.28. The molecule has 0 saturated heterocycles. The number of hydrogen-bond donors (Lipinski definition) is 1. The van der Waals surface area contributed by atoms with Gasteiger partial charge in [-0.3, -0.25) is 4.79 Å². The van der Waals surface area contributed by atoms with E-state index in [1.54, 1.807) is 37.5 Å². The lowest BCUT2D eigenvalue weighted by Crippen LogP contribution is -2.20. The van der Waals surface area contributed by atoms with Crippen LogP contribution >= 0.6 is 15.9 Å². The molecule has 29 heavy (non-hydrogen) atoms. The summed E-state index contributed by atoms with van der Waals surface area (Å²) in [6, 6.07) is 12.3. The molecule has 0 atom stereocenters. The Kier molecular flexibility index (Phi) is 7.47. The molecule has 2 aromatic rings. The molecule has 1 amide bonds. The summed E-state index contributed by atoms with van der Waals surface area (Å²) in [6.07, 6.45) is 8.47. The first kappa shape index (κ1) is 21.1. The van der Waals surface area contributed by atoms with E-state index in [2.05, 4.69) is 21.2 Å². The van der Waals surface area contributed by atoms with Crippen molar-refractivity contribution in [1.82, 2.24) is 0 Å². The molecule has 1 N–H and O–H groups in total. The lowest BCUT2D eigenvalue weighted by molar-refractivity contribution is -0.111. The van der Waals surface area contributed by atoms with E-state index in [0.29, 0.717) is 17.0 Å². The van der Waals surface area contributed by atoms with E-state index in [-0.39, 0.29) is 18.0 Å². The van der Waals surface area contributed by atoms with E-state index in [9.17, 15) is 9.59 Å². The summed E-state index contributed by atoms with van der Waals surface area (Å²) >= 11 is 3.41. The number of carbonyl (C=O) groups excluding carboxylic acids is 2. The van der Waals surface area contributed by atoms with Gasteiger partial charge in [-0.2, -0.15) is 0 Å². The smallest absolute Gasteiger partial charge is 0.338 e. The van der Waals surface area contributed by atoms with Gasteiger partial charge in [-0.15, -0.1) is 0 Å². The van der Waals surface area contributed by atoms with E-state index in [1.807, 2.05) is 18.2 Å². The Bertz CT molecular complexity index is 886. The molecule has 6 heteroatoms. The van der Waals surface area contributed by atoms with E-state index >= 15 is 0 Å². The molecule has 2 aromatic carbocycles. The quantitative estimate of drug-likeness (QED) is 0.452. The van der Waals surface area contributed by atoms with Crippen LogP contribution in [-0.2, 0) is 9.53 Å². The van der Waals surface area contributed by atoms with Crippen molar-refractivity contribution >= 4 is 39.6 Å². The first-order valence-electron chi connectivity index (χ1n) is 9.69. The van der Waals surface area contributed by atoms with Crippen molar-refractivity contribution in [2.45, 2.75) is 38.2 Å². The third-order valence-corrected chi connectivity index (χ3v) is 5.31. The second kappa shape index (κ2) is 10.3. The lowest BCUT2D eigenvalue weighted by atomic mass is 9.98. The van der Waals surface area contributed by atoms with Crippen molar-refractivity contribution in [3.05, 3.63) is 64.1 Å². The van der Waals surface area contributed by atoms with Crippen molar-refractivity contribution in [3.8, 4) is 5.75 Å². The van der Waals surface area contributed by atoms with Crippen molar-refractivity contribution in [3.63, 3.8) is 0 Å². The zero-order valence-corrected chi connectivity index (χ0v) is 17.9. The van der Waals surface area contributed by atoms with E-state index in [1.165, 1.54) is 12.5 Å². The van der Waals surface area contributed by atoms with Crippen LogP contribution in [0, 0.1) is 0 Å². The lowest BCUT2D eigenvalue weighted by Gasteiger charge is -2.21. The Morgan fingerprint density at radius 1 is 1.07 bits per heavy atom. The number of anilines is 1. The highest BCUT2D eigenvalue weighted by Crippen LogP contribution is 2.24. The highest BCUT2D eigenvalue weighted by atomic mass is 79.9. The summed E-state index contributed by atoms with van der Waals surface area (Å²) in [5.41, 5.74) is 1.89. The van der Waals surface area contributed by atoms with Crippen LogP contribution in [0.2, 0.25) is 0 Å². The van der Waals surface area contributed by atoms with Gasteiger partial charge in [0.1, 0.15) is 11.9 Å². The van der Waals surface area contributed by atoms with Crippen LogP contribution < -0.4 is 10.1 Å². The summed E-state index contributed by atoms with van der Waals surface area (Å²) in [4.78, 5) is 24.5. The number of carbonyl (C=O) groups is 2. The Balaban J connectivity index is 1.57. The number of ether oxygens (including phenoxy) is 2. The second-order valence-corrected chi connectivity index (χ2v) is 7.87. The third kappa shape index (κ3) is 6.19. The molecule has 0 aliphatic heterocycles. The molecule has 0 radical (unpaired) electrons. The van der Waals surface area contributed by atoms with Crippen molar-refractivity contribution in [2.24, 2.45) is 0 Å². The minimum atomic E-state index is -0.309. The summed E-state index contributed by atoms with van der Waals surface area (Å²) in [5.74, 6) is 0.0964. The molecule has 0 bridgehead atoms. The molecule has 0 aromatic heterocycles. The average Bonchev–Trinajstić information content (AvgIpc) is 2.73. The van der Waals surface area contributed by atoms with Crippen molar-refractivity contribution in [1.29, 1.82) is 0 Å². The predicted molar refractivity (Wildman–Crippen MR) is 117 cm³/mol. The van der Waals surface area contributed by atoms with Gasteiger partial charge in [0.2, 0.25) is 5.91 Å². The largest absolute Gasteiger partial charge is 0.496 e. The SMILES string of the molecule is COc1ccc(Br)cc1/C=C/C(=O)Nc1ccc(C(=O)OC2CCCCC2)cc1. The van der Waals surface area contributed by atoms with Crippen molar-refractivity contribution in [2.75, 3.05) is 12.4 Å². The summed E-state index contributed by atoms with van der Waals surface area (Å²) < 4.78 is 11.8. The topological polar surface area (TPSA) is 64.6 Å². The Labute approximate surface area is 179 Å². The predicted octanol–water partition coefficient (Wildman–Crippen LogP) is 5.60. The summed E-state index contributed by atoms with van der Waals surface area (Å²) in [7, 11) is 1.58. The van der Waals surface area contributed by atoms with Crippen LogP contribution in [0.3, 0.4) is 0 Å². The first-order chi connectivity index (χ1) is 14.0. The maximum absolute atomic E-state index is 12.3. The Hall–Kier alpha value is -2.60. The van der Waals surface area contributed by atoms with Crippen LogP contribution in [0.15, 0.2) is 53.0 Å². The number of rotatable bonds is 6. The molecule has 1 fully saturated rings. The highest BCUT2D eigenvalue weighted by Gasteiger charge is 2.18. The molecule has 0 unspecified atom stereocenters. The third-order valence-electron chi connectivity index (χ3n) is 4.82. The van der Waals surface area contributed by atoms with Gasteiger partial charge < -0.3 is 14.8 Å². The fraction of sp³-hybridized carbons (Fsp3) is 0.304. The number of methoxy groups -OCH3 is 1. The molecule has 152 valence electrons. The molecular weight excluding hydrogens is 434 g/mol. The minimum absolute atomic E-state index is 0.0239. The summed E-state index contributed by atoms with van der Waals surface area (Å²) in [5, 5.41) is 2.78. The van der Waals surface area contributed by atoms with E-state index in [4.69, 9.17) is 9.47 Å². The van der Waals surface area contributed by atoms with Gasteiger partial charge in [0.05, 0.1) is 12.7 Å². The van der Waals surface area contributed by atoms with Gasteiger partial charge in [-0.1, -0.05) is 22.4 Å². The van der Waals surface area contributed by atoms with Crippen molar-refractivity contribution < 1.29 is 19.1 Å². The Morgan fingerprint density at radius 3 is 2.48 bits per heavy atom. The zero-order valence-electron chi connectivity index (χ0n) is 16.3. The highest BCUT2D eigenvalue weighted by molar-refractivity contribution is 9.10. The molecular formula is C23H24BrNO4. The number of nitrogens with one attached hydrogen (secondary N) is 1. The number of amides is 1. The standard InChI is InChI=1S/C23H24BrNO4/c1-28-21-13-10-18(24)15-17(21)9-14-22(26)25-19-11-7-16(8-12-19)23(27)29-20-5-3-2-4-6-20/h7-15,20H,2-6H2,1H3,(H,25,26)/b14-9+. The Morgan fingerprint density at radius 2 is 1.79 bits per heavy atom. The van der Waals surface area contributed by atoms with Gasteiger partial charge in [-0.05, 0) is 74.2 Å². The molecule has 5 nitrogen and oxygen atoms in total.